The Kier molecular flexibility index (Phi) is 4.02. The summed E-state index contributed by atoms with van der Waals surface area (Å²) in [4.78, 5) is 10.9. The second-order valence-electron chi connectivity index (χ2n) is 3.84. The summed E-state index contributed by atoms with van der Waals surface area (Å²) in [5, 5.41) is 9.09. The Labute approximate surface area is 114 Å². The van der Waals surface area contributed by atoms with Gasteiger partial charge < -0.3 is 9.84 Å². The average molecular weight is 281 g/mol. The summed E-state index contributed by atoms with van der Waals surface area (Å²) in [6.45, 7) is 0.0678. The number of ether oxygens (including phenoxy) is 1. The summed E-state index contributed by atoms with van der Waals surface area (Å²) < 4.78 is 18.6. The molecule has 0 bridgehead atoms. The van der Waals surface area contributed by atoms with Crippen molar-refractivity contribution in [3.05, 3.63) is 64.4 Å². The van der Waals surface area contributed by atoms with E-state index in [1.54, 1.807) is 18.2 Å². The lowest BCUT2D eigenvalue weighted by Crippen LogP contribution is -2.02. The maximum Gasteiger partial charge on any atom is 0.337 e. The van der Waals surface area contributed by atoms with Gasteiger partial charge in [0.2, 0.25) is 0 Å². The molecule has 2 rings (SSSR count). The maximum atomic E-state index is 13.3. The summed E-state index contributed by atoms with van der Waals surface area (Å²) in [7, 11) is 0. The molecule has 0 saturated carbocycles. The van der Waals surface area contributed by atoms with Crippen LogP contribution in [-0.4, -0.2) is 11.1 Å². The van der Waals surface area contributed by atoms with Crippen molar-refractivity contribution in [1.29, 1.82) is 0 Å². The topological polar surface area (TPSA) is 46.5 Å². The third kappa shape index (κ3) is 3.23. The Morgan fingerprint density at radius 1 is 1.26 bits per heavy atom. The van der Waals surface area contributed by atoms with E-state index in [1.807, 2.05) is 0 Å². The van der Waals surface area contributed by atoms with E-state index in [-0.39, 0.29) is 22.9 Å². The Balaban J connectivity index is 2.14. The first kappa shape index (κ1) is 13.4. The van der Waals surface area contributed by atoms with Crippen LogP contribution < -0.4 is 4.74 Å². The van der Waals surface area contributed by atoms with E-state index in [0.29, 0.717) is 5.56 Å². The van der Waals surface area contributed by atoms with Gasteiger partial charge in [-0.3, -0.25) is 0 Å². The van der Waals surface area contributed by atoms with Gasteiger partial charge in [-0.05, 0) is 29.8 Å². The van der Waals surface area contributed by atoms with Gasteiger partial charge in [0.05, 0.1) is 10.6 Å². The Morgan fingerprint density at radius 3 is 2.68 bits per heavy atom. The number of carbonyl (C=O) groups is 1. The summed E-state index contributed by atoms with van der Waals surface area (Å²) in [6, 6.07) is 10.5. The Morgan fingerprint density at radius 2 is 2.00 bits per heavy atom. The number of para-hydroxylation sites is 1. The van der Waals surface area contributed by atoms with E-state index in [2.05, 4.69) is 0 Å². The number of carboxylic acids is 1. The fraction of sp³-hybridized carbons (Fsp3) is 0.0714. The molecule has 98 valence electrons. The Hall–Kier alpha value is -2.07. The largest absolute Gasteiger partial charge is 0.486 e. The summed E-state index contributed by atoms with van der Waals surface area (Å²) in [6.07, 6.45) is 0. The molecule has 0 atom stereocenters. The molecule has 0 aliphatic rings. The summed E-state index contributed by atoms with van der Waals surface area (Å²) in [5.41, 5.74) is 0.598. The van der Waals surface area contributed by atoms with Crippen LogP contribution in [0.2, 0.25) is 5.02 Å². The van der Waals surface area contributed by atoms with E-state index < -0.39 is 11.8 Å². The second kappa shape index (κ2) is 5.71. The van der Waals surface area contributed by atoms with Gasteiger partial charge in [-0.2, -0.15) is 0 Å². The normalized spacial score (nSPS) is 10.2. The molecule has 1 N–H and O–H groups in total. The first-order valence-electron chi connectivity index (χ1n) is 5.47. The SMILES string of the molecule is O=C(O)c1cc(COc2ccccc2F)ccc1Cl. The third-order valence-corrected chi connectivity index (χ3v) is 2.82. The fourth-order valence-electron chi connectivity index (χ4n) is 1.55. The second-order valence-corrected chi connectivity index (χ2v) is 4.25. The number of hydrogen-bond donors (Lipinski definition) is 1. The average Bonchev–Trinajstić information content (AvgIpc) is 2.39. The maximum absolute atomic E-state index is 13.3. The van der Waals surface area contributed by atoms with Gasteiger partial charge in [-0.1, -0.05) is 29.8 Å². The molecule has 3 nitrogen and oxygen atoms in total. The first-order valence-corrected chi connectivity index (χ1v) is 5.85. The van der Waals surface area contributed by atoms with Crippen molar-refractivity contribution in [3.8, 4) is 5.75 Å². The fourth-order valence-corrected chi connectivity index (χ4v) is 1.75. The molecule has 2 aromatic carbocycles. The number of hydrogen-bond acceptors (Lipinski definition) is 2. The molecular formula is C14H10ClFO3. The molecule has 0 radical (unpaired) electrons. The quantitative estimate of drug-likeness (QED) is 0.927. The number of carboxylic acid groups (broad SMARTS) is 1. The standard InChI is InChI=1S/C14H10ClFO3/c15-11-6-5-9(7-10(11)14(17)18)8-19-13-4-2-1-3-12(13)16/h1-7H,8H2,(H,17,18). The van der Waals surface area contributed by atoms with Crippen molar-refractivity contribution >= 4 is 17.6 Å². The van der Waals surface area contributed by atoms with Crippen LogP contribution in [0.15, 0.2) is 42.5 Å². The van der Waals surface area contributed by atoms with Gasteiger partial charge in [-0.15, -0.1) is 0 Å². The zero-order chi connectivity index (χ0) is 13.8. The summed E-state index contributed by atoms with van der Waals surface area (Å²) in [5.74, 6) is -1.46. The van der Waals surface area contributed by atoms with Crippen molar-refractivity contribution in [3.63, 3.8) is 0 Å². The highest BCUT2D eigenvalue weighted by molar-refractivity contribution is 6.33. The predicted octanol–water partition coefficient (Wildman–Crippen LogP) is 3.76. The van der Waals surface area contributed by atoms with Crippen LogP contribution in [0.1, 0.15) is 15.9 Å². The van der Waals surface area contributed by atoms with E-state index in [4.69, 9.17) is 21.4 Å². The van der Waals surface area contributed by atoms with Crippen molar-refractivity contribution in [2.24, 2.45) is 0 Å². The zero-order valence-corrected chi connectivity index (χ0v) is 10.5. The molecule has 2 aromatic rings. The van der Waals surface area contributed by atoms with Crippen LogP contribution in [0.4, 0.5) is 4.39 Å². The van der Waals surface area contributed by atoms with E-state index in [9.17, 15) is 9.18 Å². The molecule has 0 unspecified atom stereocenters. The number of rotatable bonds is 4. The minimum Gasteiger partial charge on any atom is -0.486 e. The van der Waals surface area contributed by atoms with Crippen LogP contribution >= 0.6 is 11.6 Å². The molecule has 0 aliphatic carbocycles. The van der Waals surface area contributed by atoms with Gasteiger partial charge in [0.1, 0.15) is 6.61 Å². The first-order chi connectivity index (χ1) is 9.08. The molecular weight excluding hydrogens is 271 g/mol. The lowest BCUT2D eigenvalue weighted by Gasteiger charge is -2.08. The van der Waals surface area contributed by atoms with Crippen LogP contribution in [-0.2, 0) is 6.61 Å². The molecule has 0 aromatic heterocycles. The molecule has 0 aliphatic heterocycles. The van der Waals surface area contributed by atoms with E-state index >= 15 is 0 Å². The van der Waals surface area contributed by atoms with Crippen LogP contribution in [0.25, 0.3) is 0 Å². The summed E-state index contributed by atoms with van der Waals surface area (Å²) >= 11 is 5.75. The monoisotopic (exact) mass is 280 g/mol. The highest BCUT2D eigenvalue weighted by Gasteiger charge is 2.10. The lowest BCUT2D eigenvalue weighted by atomic mass is 10.1. The van der Waals surface area contributed by atoms with Gasteiger partial charge >= 0.3 is 5.97 Å². The molecule has 5 heteroatoms. The highest BCUT2D eigenvalue weighted by Crippen LogP contribution is 2.20. The molecule has 0 fully saturated rings. The zero-order valence-electron chi connectivity index (χ0n) is 9.77. The highest BCUT2D eigenvalue weighted by atomic mass is 35.5. The number of aromatic carboxylic acids is 1. The van der Waals surface area contributed by atoms with Gasteiger partial charge in [0, 0.05) is 0 Å². The lowest BCUT2D eigenvalue weighted by molar-refractivity contribution is 0.0697. The van der Waals surface area contributed by atoms with E-state index in [0.717, 1.165) is 0 Å². The van der Waals surface area contributed by atoms with Crippen LogP contribution in [0, 0.1) is 5.82 Å². The number of benzene rings is 2. The predicted molar refractivity (Wildman–Crippen MR) is 69.1 cm³/mol. The van der Waals surface area contributed by atoms with Gasteiger partial charge in [0.25, 0.3) is 0 Å². The molecule has 0 heterocycles. The van der Waals surface area contributed by atoms with Crippen LogP contribution in [0.5, 0.6) is 5.75 Å². The minimum atomic E-state index is -1.11. The van der Waals surface area contributed by atoms with Crippen molar-refractivity contribution in [2.75, 3.05) is 0 Å². The molecule has 0 saturated heterocycles. The Bertz CT molecular complexity index is 613. The van der Waals surface area contributed by atoms with Crippen molar-refractivity contribution in [2.45, 2.75) is 6.61 Å². The van der Waals surface area contributed by atoms with Crippen molar-refractivity contribution < 1.29 is 19.0 Å². The molecule has 0 spiro atoms. The number of halogens is 2. The smallest absolute Gasteiger partial charge is 0.337 e. The van der Waals surface area contributed by atoms with Crippen molar-refractivity contribution in [1.82, 2.24) is 0 Å². The van der Waals surface area contributed by atoms with E-state index in [1.165, 1.54) is 24.3 Å². The van der Waals surface area contributed by atoms with Gasteiger partial charge in [-0.25, -0.2) is 9.18 Å². The molecule has 19 heavy (non-hydrogen) atoms. The van der Waals surface area contributed by atoms with Crippen LogP contribution in [0.3, 0.4) is 0 Å². The van der Waals surface area contributed by atoms with Gasteiger partial charge in [0.15, 0.2) is 11.6 Å². The molecule has 0 amide bonds. The minimum absolute atomic E-state index is 0.00343. The third-order valence-electron chi connectivity index (χ3n) is 2.49.